The summed E-state index contributed by atoms with van der Waals surface area (Å²) in [5.74, 6) is -0.720. The lowest BCUT2D eigenvalue weighted by atomic mass is 10.3. The highest BCUT2D eigenvalue weighted by atomic mass is 79.9. The van der Waals surface area contributed by atoms with Crippen LogP contribution in [-0.4, -0.2) is 12.7 Å². The Hall–Kier alpha value is -0.255. The van der Waals surface area contributed by atoms with Crippen molar-refractivity contribution in [2.24, 2.45) is 0 Å². The fraction of sp³-hybridized carbons (Fsp3) is 0. The molecule has 0 amide bonds. The van der Waals surface area contributed by atoms with Gasteiger partial charge in [-0.15, -0.1) is 0 Å². The van der Waals surface area contributed by atoms with Crippen LogP contribution in [0.3, 0.4) is 0 Å². The second kappa shape index (κ2) is 4.12. The molecule has 6 heteroatoms. The molecule has 2 nitrogen and oxygen atoms in total. The molecule has 0 unspecified atom stereocenters. The van der Waals surface area contributed by atoms with Crippen LogP contribution in [0.2, 0.25) is 5.02 Å². The molecule has 0 aliphatic heterocycles. The molecule has 1 aromatic rings. The zero-order chi connectivity index (χ0) is 9.14. The van der Waals surface area contributed by atoms with Gasteiger partial charge in [-0.25, -0.2) is 4.39 Å². The van der Waals surface area contributed by atoms with Crippen LogP contribution in [0, 0.1) is 5.82 Å². The van der Waals surface area contributed by atoms with Gasteiger partial charge in [0, 0.05) is 4.47 Å². The highest BCUT2D eigenvalue weighted by molar-refractivity contribution is 9.10. The third-order valence-electron chi connectivity index (χ3n) is 1.15. The molecule has 0 spiro atoms. The van der Waals surface area contributed by atoms with E-state index < -0.39 is 5.82 Å². The Morgan fingerprint density at radius 2 is 2.25 bits per heavy atom. The van der Waals surface area contributed by atoms with Crippen LogP contribution in [-0.2, 0) is 0 Å². The molecule has 0 aromatic heterocycles. The number of hydrogen-bond acceptors (Lipinski definition) is 2. The number of rotatable bonds is 2. The first-order valence-corrected chi connectivity index (χ1v) is 4.09. The molecular formula is C6H3BBrClFO2. The molecule has 1 aromatic carbocycles. The molecular weight excluding hydrogens is 249 g/mol. The van der Waals surface area contributed by atoms with Crippen LogP contribution in [0.25, 0.3) is 0 Å². The van der Waals surface area contributed by atoms with Crippen molar-refractivity contribution in [1.82, 2.24) is 0 Å². The third kappa shape index (κ3) is 2.12. The lowest BCUT2D eigenvalue weighted by molar-refractivity contribution is 0.431. The van der Waals surface area contributed by atoms with Gasteiger partial charge in [-0.3, -0.25) is 0 Å². The van der Waals surface area contributed by atoms with E-state index in [-0.39, 0.29) is 10.8 Å². The van der Waals surface area contributed by atoms with E-state index in [1.807, 2.05) is 0 Å². The maximum atomic E-state index is 12.9. The predicted octanol–water partition coefficient (Wildman–Crippen LogP) is 2.15. The van der Waals surface area contributed by atoms with E-state index >= 15 is 0 Å². The summed E-state index contributed by atoms with van der Waals surface area (Å²) in [6.45, 7) is 0. The highest BCUT2D eigenvalue weighted by Gasteiger charge is 2.07. The molecule has 0 saturated carbocycles. The Morgan fingerprint density at radius 3 is 2.83 bits per heavy atom. The van der Waals surface area contributed by atoms with Crippen molar-refractivity contribution >= 4 is 35.2 Å². The first-order valence-electron chi connectivity index (χ1n) is 2.92. The molecule has 1 rings (SSSR count). The van der Waals surface area contributed by atoms with Crippen molar-refractivity contribution in [2.75, 3.05) is 0 Å². The third-order valence-corrected chi connectivity index (χ3v) is 2.35. The van der Waals surface area contributed by atoms with E-state index in [1.165, 1.54) is 6.07 Å². The van der Waals surface area contributed by atoms with Crippen molar-refractivity contribution in [3.63, 3.8) is 0 Å². The minimum absolute atomic E-state index is 0.0891. The van der Waals surface area contributed by atoms with E-state index in [9.17, 15) is 4.39 Å². The Labute approximate surface area is 82.7 Å². The van der Waals surface area contributed by atoms with Gasteiger partial charge in [0.05, 0.1) is 5.02 Å². The normalized spacial score (nSPS) is 9.67. The topological polar surface area (TPSA) is 29.5 Å². The summed E-state index contributed by atoms with van der Waals surface area (Å²) < 4.78 is 17.8. The van der Waals surface area contributed by atoms with E-state index in [0.29, 0.717) is 12.2 Å². The van der Waals surface area contributed by atoms with E-state index in [1.54, 1.807) is 0 Å². The minimum atomic E-state index is -0.631. The van der Waals surface area contributed by atoms with Gasteiger partial charge in [-0.05, 0) is 28.1 Å². The number of hydrogen-bond donors (Lipinski definition) is 1. The summed E-state index contributed by atoms with van der Waals surface area (Å²) >= 11 is 8.65. The minimum Gasteiger partial charge on any atom is -0.535 e. The van der Waals surface area contributed by atoms with Crippen LogP contribution in [0.5, 0.6) is 5.75 Å². The zero-order valence-electron chi connectivity index (χ0n) is 5.72. The van der Waals surface area contributed by atoms with E-state index in [2.05, 4.69) is 20.6 Å². The first-order chi connectivity index (χ1) is 5.65. The molecule has 0 aliphatic carbocycles. The van der Waals surface area contributed by atoms with Gasteiger partial charge < -0.3 is 9.68 Å². The van der Waals surface area contributed by atoms with Gasteiger partial charge in [0.15, 0.2) is 5.82 Å². The predicted molar refractivity (Wildman–Crippen MR) is 47.7 cm³/mol. The molecule has 63 valence electrons. The molecule has 0 atom stereocenters. The van der Waals surface area contributed by atoms with E-state index in [4.69, 9.17) is 16.6 Å². The van der Waals surface area contributed by atoms with Crippen molar-refractivity contribution in [3.8, 4) is 5.75 Å². The summed E-state index contributed by atoms with van der Waals surface area (Å²) in [6, 6.07) is 2.41. The molecule has 12 heavy (non-hydrogen) atoms. The van der Waals surface area contributed by atoms with Gasteiger partial charge in [-0.2, -0.15) is 0 Å². The van der Waals surface area contributed by atoms with Crippen molar-refractivity contribution < 1.29 is 14.1 Å². The number of benzene rings is 1. The van der Waals surface area contributed by atoms with Gasteiger partial charge in [0.2, 0.25) is 0 Å². The zero-order valence-corrected chi connectivity index (χ0v) is 8.06. The Balaban J connectivity index is 3.05. The van der Waals surface area contributed by atoms with Crippen LogP contribution in [0.4, 0.5) is 4.39 Å². The van der Waals surface area contributed by atoms with Crippen molar-refractivity contribution in [2.45, 2.75) is 0 Å². The Kier molecular flexibility index (Phi) is 3.37. The molecule has 0 saturated heterocycles. The van der Waals surface area contributed by atoms with Crippen LogP contribution < -0.4 is 4.65 Å². The smallest absolute Gasteiger partial charge is 0.535 e. The molecule has 0 heterocycles. The standard InChI is InChI=1S/C6H3BBrClFO2/c8-3-1-6(12-7-11)5(10)2-4(3)9/h1-2,11H. The maximum absolute atomic E-state index is 12.9. The maximum Gasteiger partial charge on any atom is 0.569 e. The Morgan fingerprint density at radius 1 is 1.58 bits per heavy atom. The molecule has 1 N–H and O–H groups in total. The molecule has 1 radical (unpaired) electrons. The van der Waals surface area contributed by atoms with Crippen LogP contribution in [0.1, 0.15) is 0 Å². The SMILES string of the molecule is O[B]Oc1cc(Br)c(Cl)cc1F. The quantitative estimate of drug-likeness (QED) is 0.645. The van der Waals surface area contributed by atoms with Gasteiger partial charge >= 0.3 is 7.69 Å². The summed E-state index contributed by atoms with van der Waals surface area (Å²) in [5, 5.41) is 8.49. The first kappa shape index (κ1) is 9.83. The summed E-state index contributed by atoms with van der Waals surface area (Å²) in [5.41, 5.74) is 0. The summed E-state index contributed by atoms with van der Waals surface area (Å²) in [6.07, 6.45) is 0. The lowest BCUT2D eigenvalue weighted by Gasteiger charge is -2.04. The molecule has 0 aliphatic rings. The highest BCUT2D eigenvalue weighted by Crippen LogP contribution is 2.29. The lowest BCUT2D eigenvalue weighted by Crippen LogP contribution is -2.01. The summed E-state index contributed by atoms with van der Waals surface area (Å²) in [4.78, 5) is 0. The van der Waals surface area contributed by atoms with Crippen LogP contribution in [0.15, 0.2) is 16.6 Å². The second-order valence-corrected chi connectivity index (χ2v) is 3.18. The monoisotopic (exact) mass is 251 g/mol. The van der Waals surface area contributed by atoms with Crippen LogP contribution >= 0.6 is 27.5 Å². The average molecular weight is 252 g/mol. The number of halogens is 3. The molecule has 0 fully saturated rings. The fourth-order valence-corrected chi connectivity index (χ4v) is 1.12. The summed E-state index contributed by atoms with van der Waals surface area (Å²) in [7, 11) is 0.402. The second-order valence-electron chi connectivity index (χ2n) is 1.92. The van der Waals surface area contributed by atoms with Gasteiger partial charge in [0.25, 0.3) is 0 Å². The van der Waals surface area contributed by atoms with Gasteiger partial charge in [0.1, 0.15) is 5.75 Å². The van der Waals surface area contributed by atoms with Crippen molar-refractivity contribution in [3.05, 3.63) is 27.4 Å². The van der Waals surface area contributed by atoms with Gasteiger partial charge in [-0.1, -0.05) is 11.6 Å². The largest absolute Gasteiger partial charge is 0.569 e. The fourth-order valence-electron chi connectivity index (χ4n) is 0.651. The Bertz CT molecular complexity index is 297. The average Bonchev–Trinajstić information content (AvgIpc) is 2.01. The molecule has 0 bridgehead atoms. The van der Waals surface area contributed by atoms with Crippen molar-refractivity contribution in [1.29, 1.82) is 0 Å². The van der Waals surface area contributed by atoms with E-state index in [0.717, 1.165) is 6.07 Å².